The van der Waals surface area contributed by atoms with E-state index in [0.29, 0.717) is 9.92 Å². The molecule has 2 heterocycles. The topological polar surface area (TPSA) is 106 Å². The molecule has 0 saturated carbocycles. The van der Waals surface area contributed by atoms with E-state index in [-0.39, 0.29) is 5.56 Å². The van der Waals surface area contributed by atoms with Crippen LogP contribution in [0.4, 0.5) is 5.82 Å². The fourth-order valence-corrected chi connectivity index (χ4v) is 2.15. The van der Waals surface area contributed by atoms with Gasteiger partial charge in [-0.3, -0.25) is 0 Å². The highest BCUT2D eigenvalue weighted by Crippen LogP contribution is 2.29. The molecular weight excluding hydrogens is 270 g/mol. The first-order valence-electron chi connectivity index (χ1n) is 5.04. The van der Waals surface area contributed by atoms with Crippen molar-refractivity contribution >= 4 is 23.5 Å². The lowest BCUT2D eigenvalue weighted by Crippen LogP contribution is -2.02. The van der Waals surface area contributed by atoms with Gasteiger partial charge in [-0.05, 0) is 22.0 Å². The Morgan fingerprint density at radius 3 is 2.74 bits per heavy atom. The van der Waals surface area contributed by atoms with Gasteiger partial charge in [-0.1, -0.05) is 17.8 Å². The highest BCUT2D eigenvalue weighted by Gasteiger charge is 2.19. The Bertz CT molecular complexity index is 633. The summed E-state index contributed by atoms with van der Waals surface area (Å²) in [6.07, 6.45) is 2.74. The van der Waals surface area contributed by atoms with Gasteiger partial charge in [0.15, 0.2) is 6.20 Å². The average Bonchev–Trinajstić information content (AvgIpc) is 2.39. The first kappa shape index (κ1) is 13.0. The van der Waals surface area contributed by atoms with Crippen molar-refractivity contribution in [1.82, 2.24) is 9.97 Å². The maximum atomic E-state index is 11.1. The average molecular weight is 277 g/mol. The lowest BCUT2D eigenvalue weighted by atomic mass is 10.2. The summed E-state index contributed by atoms with van der Waals surface area (Å²) in [4.78, 5) is 28.9. The standard InChI is InChI=1S/C11H7N3O4S/c15-11(16)7-5-9(14(17)18)13-6-8(7)19-10-3-1-2-4-12-10/h1-6H,(H,15,16). The van der Waals surface area contributed by atoms with Crippen LogP contribution < -0.4 is 0 Å². The summed E-state index contributed by atoms with van der Waals surface area (Å²) in [5.74, 6) is -1.74. The largest absolute Gasteiger partial charge is 0.478 e. The van der Waals surface area contributed by atoms with Crippen molar-refractivity contribution in [3.05, 3.63) is 52.3 Å². The van der Waals surface area contributed by atoms with Gasteiger partial charge in [0.1, 0.15) is 5.03 Å². The Balaban J connectivity index is 2.40. The number of carbonyl (C=O) groups is 1. The van der Waals surface area contributed by atoms with E-state index in [2.05, 4.69) is 9.97 Å². The van der Waals surface area contributed by atoms with Gasteiger partial charge >= 0.3 is 11.8 Å². The highest BCUT2D eigenvalue weighted by molar-refractivity contribution is 7.99. The predicted molar refractivity (Wildman–Crippen MR) is 66.2 cm³/mol. The number of carboxylic acid groups (broad SMARTS) is 1. The molecule has 0 spiro atoms. The number of aromatic carboxylic acids is 1. The van der Waals surface area contributed by atoms with E-state index in [1.54, 1.807) is 24.4 Å². The molecule has 0 amide bonds. The normalized spacial score (nSPS) is 10.1. The molecule has 0 unspecified atom stereocenters. The van der Waals surface area contributed by atoms with Gasteiger partial charge in [-0.15, -0.1) is 0 Å². The molecule has 0 radical (unpaired) electrons. The van der Waals surface area contributed by atoms with Crippen molar-refractivity contribution in [2.75, 3.05) is 0 Å². The van der Waals surface area contributed by atoms with Crippen LogP contribution in [0.1, 0.15) is 10.4 Å². The second-order valence-electron chi connectivity index (χ2n) is 3.37. The van der Waals surface area contributed by atoms with Crippen molar-refractivity contribution in [3.63, 3.8) is 0 Å². The third-order valence-corrected chi connectivity index (χ3v) is 3.12. The minimum atomic E-state index is -1.25. The third-order valence-electron chi connectivity index (χ3n) is 2.12. The van der Waals surface area contributed by atoms with Gasteiger partial charge in [-0.25, -0.2) is 9.78 Å². The summed E-state index contributed by atoms with van der Waals surface area (Å²) in [7, 11) is 0. The van der Waals surface area contributed by atoms with Gasteiger partial charge in [0.25, 0.3) is 0 Å². The van der Waals surface area contributed by atoms with Gasteiger partial charge in [-0.2, -0.15) is 0 Å². The molecule has 0 aromatic carbocycles. The molecule has 2 aromatic rings. The Kier molecular flexibility index (Phi) is 3.71. The van der Waals surface area contributed by atoms with Crippen molar-refractivity contribution in [2.45, 2.75) is 9.92 Å². The summed E-state index contributed by atoms with van der Waals surface area (Å²) in [6.45, 7) is 0. The number of carboxylic acids is 1. The van der Waals surface area contributed by atoms with Crippen LogP contribution in [-0.2, 0) is 0 Å². The Morgan fingerprint density at radius 2 is 2.16 bits per heavy atom. The van der Waals surface area contributed by atoms with E-state index in [1.165, 1.54) is 6.20 Å². The van der Waals surface area contributed by atoms with Crippen LogP contribution in [0.25, 0.3) is 0 Å². The zero-order valence-electron chi connectivity index (χ0n) is 9.39. The van der Waals surface area contributed by atoms with Gasteiger partial charge in [0, 0.05) is 6.20 Å². The molecule has 0 aliphatic rings. The molecule has 0 aliphatic heterocycles. The molecule has 8 heteroatoms. The van der Waals surface area contributed by atoms with Gasteiger partial charge in [0.05, 0.1) is 16.5 Å². The van der Waals surface area contributed by atoms with Crippen molar-refractivity contribution in [1.29, 1.82) is 0 Å². The van der Waals surface area contributed by atoms with Crippen LogP contribution >= 0.6 is 11.8 Å². The smallest absolute Gasteiger partial charge is 0.364 e. The molecular formula is C11H7N3O4S. The Morgan fingerprint density at radius 1 is 1.37 bits per heavy atom. The molecule has 2 aromatic heterocycles. The lowest BCUT2D eigenvalue weighted by Gasteiger charge is -2.03. The number of pyridine rings is 2. The third kappa shape index (κ3) is 3.05. The zero-order valence-corrected chi connectivity index (χ0v) is 10.2. The molecule has 2 rings (SSSR count). The van der Waals surface area contributed by atoms with Crippen LogP contribution in [0, 0.1) is 10.1 Å². The molecule has 1 N–H and O–H groups in total. The second-order valence-corrected chi connectivity index (χ2v) is 4.43. The maximum absolute atomic E-state index is 11.1. The molecule has 19 heavy (non-hydrogen) atoms. The van der Waals surface area contributed by atoms with Crippen molar-refractivity contribution < 1.29 is 14.8 Å². The fraction of sp³-hybridized carbons (Fsp3) is 0. The van der Waals surface area contributed by atoms with Gasteiger partial charge < -0.3 is 15.2 Å². The molecule has 0 bridgehead atoms. The zero-order chi connectivity index (χ0) is 13.8. The summed E-state index contributed by atoms with van der Waals surface area (Å²) in [5, 5.41) is 20.2. The fourth-order valence-electron chi connectivity index (χ4n) is 1.30. The van der Waals surface area contributed by atoms with Crippen LogP contribution in [0.15, 0.2) is 46.6 Å². The predicted octanol–water partition coefficient (Wildman–Crippen LogP) is 2.23. The van der Waals surface area contributed by atoms with Crippen LogP contribution in [0.3, 0.4) is 0 Å². The van der Waals surface area contributed by atoms with Gasteiger partial charge in [0.2, 0.25) is 0 Å². The van der Waals surface area contributed by atoms with E-state index >= 15 is 0 Å². The summed E-state index contributed by atoms with van der Waals surface area (Å²) in [5.41, 5.74) is -0.169. The minimum absolute atomic E-state index is 0.169. The van der Waals surface area contributed by atoms with Crippen LogP contribution in [0.2, 0.25) is 0 Å². The van der Waals surface area contributed by atoms with Crippen LogP contribution in [-0.4, -0.2) is 26.0 Å². The first-order valence-corrected chi connectivity index (χ1v) is 5.86. The summed E-state index contributed by atoms with van der Waals surface area (Å²) in [6, 6.07) is 6.14. The first-order chi connectivity index (χ1) is 9.08. The minimum Gasteiger partial charge on any atom is -0.478 e. The number of aromatic nitrogens is 2. The van der Waals surface area contributed by atoms with Crippen molar-refractivity contribution in [3.8, 4) is 0 Å². The van der Waals surface area contributed by atoms with E-state index < -0.39 is 16.7 Å². The summed E-state index contributed by atoms with van der Waals surface area (Å²) >= 11 is 1.09. The highest BCUT2D eigenvalue weighted by atomic mass is 32.2. The molecule has 0 aliphatic carbocycles. The SMILES string of the molecule is O=C(O)c1cc([N+](=O)[O-])ncc1Sc1ccccn1. The Hall–Kier alpha value is -2.48. The lowest BCUT2D eigenvalue weighted by molar-refractivity contribution is -0.389. The van der Waals surface area contributed by atoms with Crippen molar-refractivity contribution in [2.24, 2.45) is 0 Å². The number of nitrogens with zero attached hydrogens (tertiary/aromatic N) is 3. The monoisotopic (exact) mass is 277 g/mol. The second kappa shape index (κ2) is 5.44. The molecule has 96 valence electrons. The number of nitro groups is 1. The number of hydrogen-bond donors (Lipinski definition) is 1. The quantitative estimate of drug-likeness (QED) is 0.674. The number of rotatable bonds is 4. The Labute approximate surface area is 111 Å². The van der Waals surface area contributed by atoms with E-state index in [9.17, 15) is 14.9 Å². The molecule has 0 fully saturated rings. The van der Waals surface area contributed by atoms with E-state index in [4.69, 9.17) is 5.11 Å². The maximum Gasteiger partial charge on any atom is 0.364 e. The molecule has 0 saturated heterocycles. The van der Waals surface area contributed by atoms with Crippen LogP contribution in [0.5, 0.6) is 0 Å². The molecule has 7 nitrogen and oxygen atoms in total. The van der Waals surface area contributed by atoms with E-state index in [1.807, 2.05) is 0 Å². The number of hydrogen-bond acceptors (Lipinski definition) is 6. The van der Waals surface area contributed by atoms with E-state index in [0.717, 1.165) is 17.8 Å². The molecule has 0 atom stereocenters. The summed E-state index contributed by atoms with van der Waals surface area (Å²) < 4.78 is 0.